The average molecular weight is 403 g/mol. The zero-order valence-corrected chi connectivity index (χ0v) is 18.8. The molecule has 0 heterocycles. The summed E-state index contributed by atoms with van der Waals surface area (Å²) in [6.45, 7) is 8.61. The Labute approximate surface area is 181 Å². The van der Waals surface area contributed by atoms with Gasteiger partial charge in [0, 0.05) is 24.0 Å². The SMILES string of the molecule is CC(CCC(=O)c1ccccc1)=C(C)CCC(C)=C(C)CCC(=O)c1ccccc1. The Morgan fingerprint density at radius 3 is 1.03 bits per heavy atom. The maximum atomic E-state index is 12.3. The number of hydrogen-bond donors (Lipinski definition) is 0. The molecule has 0 saturated carbocycles. The van der Waals surface area contributed by atoms with Crippen LogP contribution in [0.1, 0.15) is 86.9 Å². The Morgan fingerprint density at radius 2 is 0.733 bits per heavy atom. The molecular weight excluding hydrogens is 368 g/mol. The summed E-state index contributed by atoms with van der Waals surface area (Å²) >= 11 is 0. The van der Waals surface area contributed by atoms with E-state index >= 15 is 0 Å². The predicted molar refractivity (Wildman–Crippen MR) is 126 cm³/mol. The third-order valence-electron chi connectivity index (χ3n) is 5.98. The second-order valence-electron chi connectivity index (χ2n) is 8.20. The van der Waals surface area contributed by atoms with Gasteiger partial charge in [0.1, 0.15) is 0 Å². The lowest BCUT2D eigenvalue weighted by atomic mass is 9.95. The van der Waals surface area contributed by atoms with Gasteiger partial charge >= 0.3 is 0 Å². The van der Waals surface area contributed by atoms with Gasteiger partial charge in [-0.25, -0.2) is 0 Å². The molecule has 0 saturated heterocycles. The fourth-order valence-electron chi connectivity index (χ4n) is 3.37. The van der Waals surface area contributed by atoms with Gasteiger partial charge in [-0.15, -0.1) is 0 Å². The number of rotatable bonds is 11. The average Bonchev–Trinajstić information content (AvgIpc) is 2.79. The zero-order valence-electron chi connectivity index (χ0n) is 18.8. The van der Waals surface area contributed by atoms with E-state index in [2.05, 4.69) is 27.7 Å². The lowest BCUT2D eigenvalue weighted by Crippen LogP contribution is -2.00. The highest BCUT2D eigenvalue weighted by Gasteiger charge is 2.08. The normalized spacial score (nSPS) is 12.8. The van der Waals surface area contributed by atoms with Crippen LogP contribution in [-0.2, 0) is 0 Å². The minimum absolute atomic E-state index is 0.206. The maximum absolute atomic E-state index is 12.3. The van der Waals surface area contributed by atoms with Crippen molar-refractivity contribution in [1.82, 2.24) is 0 Å². The molecule has 0 aromatic heterocycles. The van der Waals surface area contributed by atoms with E-state index < -0.39 is 0 Å². The van der Waals surface area contributed by atoms with Gasteiger partial charge in [0.25, 0.3) is 0 Å². The number of ketones is 2. The first-order chi connectivity index (χ1) is 14.4. The Morgan fingerprint density at radius 1 is 0.467 bits per heavy atom. The van der Waals surface area contributed by atoms with Crippen LogP contribution in [0, 0.1) is 0 Å². The Kier molecular flexibility index (Phi) is 9.47. The molecule has 0 aliphatic heterocycles. The summed E-state index contributed by atoms with van der Waals surface area (Å²) < 4.78 is 0. The summed E-state index contributed by atoms with van der Waals surface area (Å²) in [5.74, 6) is 0.413. The molecule has 0 atom stereocenters. The van der Waals surface area contributed by atoms with Crippen molar-refractivity contribution in [3.8, 4) is 0 Å². The van der Waals surface area contributed by atoms with Gasteiger partial charge in [0.15, 0.2) is 11.6 Å². The van der Waals surface area contributed by atoms with Crippen LogP contribution in [-0.4, -0.2) is 11.6 Å². The van der Waals surface area contributed by atoms with Crippen molar-refractivity contribution in [1.29, 1.82) is 0 Å². The quantitative estimate of drug-likeness (QED) is 0.284. The van der Waals surface area contributed by atoms with E-state index in [1.165, 1.54) is 22.3 Å². The molecule has 2 aromatic rings. The molecule has 0 bridgehead atoms. The number of Topliss-reactive ketones (excluding diaryl/α,β-unsaturated/α-hetero) is 2. The Bertz CT molecular complexity index is 825. The van der Waals surface area contributed by atoms with Crippen LogP contribution in [0.2, 0.25) is 0 Å². The van der Waals surface area contributed by atoms with Crippen LogP contribution in [0.25, 0.3) is 0 Å². The highest BCUT2D eigenvalue weighted by molar-refractivity contribution is 5.96. The van der Waals surface area contributed by atoms with Gasteiger partial charge in [-0.05, 0) is 53.4 Å². The fraction of sp³-hybridized carbons (Fsp3) is 0.357. The highest BCUT2D eigenvalue weighted by atomic mass is 16.1. The van der Waals surface area contributed by atoms with Crippen LogP contribution >= 0.6 is 0 Å². The van der Waals surface area contributed by atoms with Gasteiger partial charge in [-0.1, -0.05) is 83.0 Å². The molecule has 0 fully saturated rings. The molecule has 158 valence electrons. The lowest BCUT2D eigenvalue weighted by molar-refractivity contribution is 0.0974. The van der Waals surface area contributed by atoms with E-state index in [1.807, 2.05) is 60.7 Å². The van der Waals surface area contributed by atoms with E-state index in [9.17, 15) is 9.59 Å². The minimum atomic E-state index is 0.206. The van der Waals surface area contributed by atoms with Crippen molar-refractivity contribution in [2.24, 2.45) is 0 Å². The van der Waals surface area contributed by atoms with Gasteiger partial charge < -0.3 is 0 Å². The molecule has 0 amide bonds. The summed E-state index contributed by atoms with van der Waals surface area (Å²) in [7, 11) is 0. The number of hydrogen-bond acceptors (Lipinski definition) is 2. The second-order valence-corrected chi connectivity index (χ2v) is 8.20. The molecule has 0 aliphatic carbocycles. The van der Waals surface area contributed by atoms with E-state index in [1.54, 1.807) is 0 Å². The smallest absolute Gasteiger partial charge is 0.163 e. The molecule has 0 N–H and O–H groups in total. The summed E-state index contributed by atoms with van der Waals surface area (Å²) in [6.07, 6.45) is 4.74. The monoisotopic (exact) mass is 402 g/mol. The highest BCUT2D eigenvalue weighted by Crippen LogP contribution is 2.22. The third kappa shape index (κ3) is 7.59. The largest absolute Gasteiger partial charge is 0.294 e. The number of carbonyl (C=O) groups excluding carboxylic acids is 2. The molecule has 30 heavy (non-hydrogen) atoms. The first-order valence-corrected chi connectivity index (χ1v) is 10.9. The van der Waals surface area contributed by atoms with Crippen LogP contribution in [0.15, 0.2) is 83.0 Å². The Hall–Kier alpha value is -2.74. The molecule has 0 aliphatic rings. The van der Waals surface area contributed by atoms with Crippen molar-refractivity contribution < 1.29 is 9.59 Å². The summed E-state index contributed by atoms with van der Waals surface area (Å²) in [5, 5.41) is 0. The van der Waals surface area contributed by atoms with Crippen LogP contribution < -0.4 is 0 Å². The summed E-state index contributed by atoms with van der Waals surface area (Å²) in [4.78, 5) is 24.6. The molecule has 2 rings (SSSR count). The molecule has 0 unspecified atom stereocenters. The van der Waals surface area contributed by atoms with E-state index in [0.717, 1.165) is 36.8 Å². The number of benzene rings is 2. The standard InChI is InChI=1S/C28H34O2/c1-21(23(3)17-19-27(29)25-11-7-5-8-12-25)15-16-22(2)24(4)18-20-28(30)26-13-9-6-10-14-26/h5-14H,15-20H2,1-4H3. The fourth-order valence-corrected chi connectivity index (χ4v) is 3.37. The molecule has 2 heteroatoms. The van der Waals surface area contributed by atoms with Crippen molar-refractivity contribution >= 4 is 11.6 Å². The van der Waals surface area contributed by atoms with Gasteiger partial charge in [0.2, 0.25) is 0 Å². The van der Waals surface area contributed by atoms with E-state index in [4.69, 9.17) is 0 Å². The second kappa shape index (κ2) is 12.1. The van der Waals surface area contributed by atoms with E-state index in [0.29, 0.717) is 12.8 Å². The summed E-state index contributed by atoms with van der Waals surface area (Å²) in [5.41, 5.74) is 6.93. The molecule has 2 nitrogen and oxygen atoms in total. The summed E-state index contributed by atoms with van der Waals surface area (Å²) in [6, 6.07) is 19.0. The maximum Gasteiger partial charge on any atom is 0.163 e. The number of allylic oxidation sites excluding steroid dienone is 4. The van der Waals surface area contributed by atoms with Gasteiger partial charge in [-0.2, -0.15) is 0 Å². The molecule has 0 spiro atoms. The molecule has 0 radical (unpaired) electrons. The predicted octanol–water partition coefficient (Wildman–Crippen LogP) is 7.77. The topological polar surface area (TPSA) is 34.1 Å². The molecule has 2 aromatic carbocycles. The zero-order chi connectivity index (χ0) is 21.9. The van der Waals surface area contributed by atoms with Crippen LogP contribution in [0.5, 0.6) is 0 Å². The number of carbonyl (C=O) groups is 2. The third-order valence-corrected chi connectivity index (χ3v) is 5.98. The van der Waals surface area contributed by atoms with E-state index in [-0.39, 0.29) is 11.6 Å². The van der Waals surface area contributed by atoms with Crippen molar-refractivity contribution in [2.45, 2.75) is 66.2 Å². The van der Waals surface area contributed by atoms with Crippen molar-refractivity contribution in [2.75, 3.05) is 0 Å². The van der Waals surface area contributed by atoms with Gasteiger partial charge in [0.05, 0.1) is 0 Å². The van der Waals surface area contributed by atoms with Gasteiger partial charge in [-0.3, -0.25) is 9.59 Å². The Balaban J connectivity index is 1.81. The lowest BCUT2D eigenvalue weighted by Gasteiger charge is -2.11. The first-order valence-electron chi connectivity index (χ1n) is 10.9. The molecular formula is C28H34O2. The minimum Gasteiger partial charge on any atom is -0.294 e. The van der Waals surface area contributed by atoms with Crippen molar-refractivity contribution in [3.63, 3.8) is 0 Å². The van der Waals surface area contributed by atoms with Crippen molar-refractivity contribution in [3.05, 3.63) is 94.1 Å². The van der Waals surface area contributed by atoms with Crippen LogP contribution in [0.3, 0.4) is 0 Å². The first kappa shape index (κ1) is 23.5. The van der Waals surface area contributed by atoms with Crippen LogP contribution in [0.4, 0.5) is 0 Å².